The van der Waals surface area contributed by atoms with Crippen molar-refractivity contribution in [2.45, 2.75) is 32.2 Å². The van der Waals surface area contributed by atoms with Gasteiger partial charge in [-0.15, -0.1) is 0 Å². The van der Waals surface area contributed by atoms with Gasteiger partial charge in [0.2, 0.25) is 0 Å². The van der Waals surface area contributed by atoms with Crippen molar-refractivity contribution in [2.75, 3.05) is 13.6 Å². The maximum atomic E-state index is 8.78. The fraction of sp³-hybridized carbons (Fsp3) is 1.00. The number of hydrogen-bond acceptors (Lipinski definition) is 3. The van der Waals surface area contributed by atoms with Crippen molar-refractivity contribution in [3.8, 4) is 0 Å². The van der Waals surface area contributed by atoms with Crippen molar-refractivity contribution in [2.24, 2.45) is 5.14 Å². The highest BCUT2D eigenvalue weighted by Crippen LogP contribution is 2.13. The molecule has 0 aromatic carbocycles. The van der Waals surface area contributed by atoms with Gasteiger partial charge in [0.1, 0.15) is 0 Å². The number of hydrogen-bond donors (Lipinski definition) is 1. The zero-order chi connectivity index (χ0) is 9.56. The number of piperidine rings is 1. The first kappa shape index (κ1) is 12.0. The first-order chi connectivity index (χ1) is 5.54. The Hall–Kier alpha value is 0.0300. The lowest BCUT2D eigenvalue weighted by Gasteiger charge is -2.29. The van der Waals surface area contributed by atoms with E-state index in [0.717, 1.165) is 6.04 Å². The van der Waals surface area contributed by atoms with Gasteiger partial charge in [0.05, 0.1) is 0 Å². The van der Waals surface area contributed by atoms with Gasteiger partial charge in [0, 0.05) is 17.3 Å². The topological polar surface area (TPSA) is 69.4 Å². The summed E-state index contributed by atoms with van der Waals surface area (Å²) in [4.78, 5) is 2.43. The standard InChI is InChI=1S/C7H15N.H3NO2S/c1-7-5-3-4-6-8(7)2;1-4(2)3/h7H,3-6H2,1-2H3;1H2,(H,2,3)/p-1. The molecule has 1 aliphatic heterocycles. The van der Waals surface area contributed by atoms with E-state index in [1.807, 2.05) is 0 Å². The van der Waals surface area contributed by atoms with Crippen LogP contribution in [0.3, 0.4) is 0 Å². The molecular weight excluding hydrogens is 176 g/mol. The molecule has 5 heteroatoms. The van der Waals surface area contributed by atoms with Crippen LogP contribution in [0.1, 0.15) is 26.2 Å². The molecule has 74 valence electrons. The summed E-state index contributed by atoms with van der Waals surface area (Å²) in [5.41, 5.74) is 0. The van der Waals surface area contributed by atoms with Gasteiger partial charge in [-0.25, -0.2) is 0 Å². The van der Waals surface area contributed by atoms with E-state index in [0.29, 0.717) is 0 Å². The van der Waals surface area contributed by atoms with E-state index in [1.54, 1.807) is 0 Å². The summed E-state index contributed by atoms with van der Waals surface area (Å²) < 4.78 is 17.6. The lowest BCUT2D eigenvalue weighted by Crippen LogP contribution is -2.33. The molecule has 1 rings (SSSR count). The maximum absolute atomic E-state index is 8.78. The van der Waals surface area contributed by atoms with Crippen molar-refractivity contribution >= 4 is 11.3 Å². The number of nitrogens with zero attached hydrogens (tertiary/aromatic N) is 1. The van der Waals surface area contributed by atoms with Crippen LogP contribution in [-0.4, -0.2) is 33.3 Å². The van der Waals surface area contributed by atoms with Crippen molar-refractivity contribution in [3.63, 3.8) is 0 Å². The Kier molecular flexibility index (Phi) is 6.55. The summed E-state index contributed by atoms with van der Waals surface area (Å²) in [5.74, 6) is 0. The van der Waals surface area contributed by atoms with Crippen molar-refractivity contribution in [1.82, 2.24) is 4.90 Å². The van der Waals surface area contributed by atoms with E-state index in [9.17, 15) is 0 Å². The van der Waals surface area contributed by atoms with Crippen LogP contribution in [0.15, 0.2) is 0 Å². The Bertz CT molecular complexity index is 129. The molecule has 1 aliphatic rings. The molecule has 2 atom stereocenters. The lowest BCUT2D eigenvalue weighted by molar-refractivity contribution is 0.200. The van der Waals surface area contributed by atoms with Gasteiger partial charge in [0.15, 0.2) is 0 Å². The maximum Gasteiger partial charge on any atom is 0.0152 e. The third-order valence-electron chi connectivity index (χ3n) is 2.14. The summed E-state index contributed by atoms with van der Waals surface area (Å²) in [6.07, 6.45) is 4.24. The minimum atomic E-state index is -2.36. The summed E-state index contributed by atoms with van der Waals surface area (Å²) in [7, 11) is 2.21. The van der Waals surface area contributed by atoms with Crippen LogP contribution in [-0.2, 0) is 11.3 Å². The van der Waals surface area contributed by atoms with Crippen molar-refractivity contribution < 1.29 is 8.76 Å². The van der Waals surface area contributed by atoms with E-state index in [1.165, 1.54) is 25.8 Å². The van der Waals surface area contributed by atoms with Crippen molar-refractivity contribution in [1.29, 1.82) is 0 Å². The molecule has 1 saturated heterocycles. The molecule has 0 aromatic heterocycles. The molecule has 1 fully saturated rings. The van der Waals surface area contributed by atoms with Crippen LogP contribution in [0.4, 0.5) is 0 Å². The first-order valence-corrected chi connectivity index (χ1v) is 5.21. The normalized spacial score (nSPS) is 27.2. The van der Waals surface area contributed by atoms with E-state index in [-0.39, 0.29) is 0 Å². The Morgan fingerprint density at radius 2 is 2.08 bits per heavy atom. The van der Waals surface area contributed by atoms with E-state index < -0.39 is 11.3 Å². The molecular formula is C7H17N2O2S-. The van der Waals surface area contributed by atoms with Gasteiger partial charge < -0.3 is 9.45 Å². The second-order valence-electron chi connectivity index (χ2n) is 3.09. The second-order valence-corrected chi connectivity index (χ2v) is 3.61. The highest BCUT2D eigenvalue weighted by atomic mass is 32.2. The SMILES string of the molecule is CC1CCCCN1C.NS(=O)[O-]. The Labute approximate surface area is 76.5 Å². The quantitative estimate of drug-likeness (QED) is 0.560. The summed E-state index contributed by atoms with van der Waals surface area (Å²) in [6.45, 7) is 3.61. The van der Waals surface area contributed by atoms with Crippen LogP contribution >= 0.6 is 0 Å². The highest BCUT2D eigenvalue weighted by molar-refractivity contribution is 7.76. The average molecular weight is 193 g/mol. The third-order valence-corrected chi connectivity index (χ3v) is 2.14. The van der Waals surface area contributed by atoms with Gasteiger partial charge in [-0.3, -0.25) is 9.35 Å². The molecule has 2 unspecified atom stereocenters. The van der Waals surface area contributed by atoms with Gasteiger partial charge in [-0.2, -0.15) is 0 Å². The minimum absolute atomic E-state index is 0.837. The lowest BCUT2D eigenvalue weighted by atomic mass is 10.1. The van der Waals surface area contributed by atoms with Crippen molar-refractivity contribution in [3.05, 3.63) is 0 Å². The Morgan fingerprint density at radius 3 is 2.33 bits per heavy atom. The van der Waals surface area contributed by atoms with Gasteiger partial charge in [0.25, 0.3) is 0 Å². The molecule has 0 aliphatic carbocycles. The average Bonchev–Trinajstić information content (AvgIpc) is 1.94. The fourth-order valence-electron chi connectivity index (χ4n) is 1.24. The van der Waals surface area contributed by atoms with Crippen LogP contribution < -0.4 is 5.14 Å². The highest BCUT2D eigenvalue weighted by Gasteiger charge is 2.12. The third kappa shape index (κ3) is 6.72. The molecule has 0 bridgehead atoms. The van der Waals surface area contributed by atoms with Gasteiger partial charge in [-0.1, -0.05) is 6.42 Å². The fourth-order valence-corrected chi connectivity index (χ4v) is 1.24. The van der Waals surface area contributed by atoms with E-state index in [4.69, 9.17) is 8.76 Å². The zero-order valence-electron chi connectivity index (χ0n) is 7.66. The predicted molar refractivity (Wildman–Crippen MR) is 49.1 cm³/mol. The van der Waals surface area contributed by atoms with Crippen LogP contribution in [0.5, 0.6) is 0 Å². The minimum Gasteiger partial charge on any atom is -0.760 e. The molecule has 4 nitrogen and oxygen atoms in total. The second kappa shape index (κ2) is 6.54. The van der Waals surface area contributed by atoms with Gasteiger partial charge in [-0.05, 0) is 33.4 Å². The molecule has 0 saturated carbocycles. The molecule has 0 amide bonds. The molecule has 2 N–H and O–H groups in total. The summed E-state index contributed by atoms with van der Waals surface area (Å²) in [5, 5.41) is 4.03. The Balaban J connectivity index is 0.000000261. The molecule has 12 heavy (non-hydrogen) atoms. The summed E-state index contributed by atoms with van der Waals surface area (Å²) >= 11 is -2.36. The van der Waals surface area contributed by atoms with Crippen LogP contribution in [0.2, 0.25) is 0 Å². The molecule has 1 heterocycles. The van der Waals surface area contributed by atoms with E-state index in [2.05, 4.69) is 24.0 Å². The summed E-state index contributed by atoms with van der Waals surface area (Å²) in [6, 6.07) is 0.837. The largest absolute Gasteiger partial charge is 0.760 e. The predicted octanol–water partition coefficient (Wildman–Crippen LogP) is 0.230. The van der Waals surface area contributed by atoms with Crippen LogP contribution in [0, 0.1) is 0 Å². The number of nitrogens with two attached hydrogens (primary N) is 1. The van der Waals surface area contributed by atoms with Crippen LogP contribution in [0.25, 0.3) is 0 Å². The molecule has 0 radical (unpaired) electrons. The molecule has 0 aromatic rings. The first-order valence-electron chi connectivity index (χ1n) is 4.08. The molecule has 0 spiro atoms. The zero-order valence-corrected chi connectivity index (χ0v) is 8.47. The number of likely N-dealkylation sites (tertiary alicyclic amines) is 1. The smallest absolute Gasteiger partial charge is 0.0152 e. The Morgan fingerprint density at radius 1 is 1.58 bits per heavy atom. The van der Waals surface area contributed by atoms with E-state index >= 15 is 0 Å². The van der Waals surface area contributed by atoms with Gasteiger partial charge >= 0.3 is 0 Å². The monoisotopic (exact) mass is 193 g/mol. The number of rotatable bonds is 0.